The van der Waals surface area contributed by atoms with E-state index in [9.17, 15) is 23.1 Å². The van der Waals surface area contributed by atoms with Gasteiger partial charge in [0.25, 0.3) is 0 Å². The maximum Gasteiger partial charge on any atom is 0.237 e. The Morgan fingerprint density at radius 1 is 0.607 bits per heavy atom. The number of rotatable bonds is 18. The van der Waals surface area contributed by atoms with Crippen LogP contribution in [0.3, 0.4) is 0 Å². The lowest BCUT2D eigenvalue weighted by Gasteiger charge is -2.32. The number of carbonyl (C=O) groups is 2. The van der Waals surface area contributed by atoms with Gasteiger partial charge in [-0.05, 0) is 144 Å². The van der Waals surface area contributed by atoms with Crippen molar-refractivity contribution in [2.45, 2.75) is 352 Å². The number of nitrogens with two attached hydrogens (primary N) is 1. The summed E-state index contributed by atoms with van der Waals surface area (Å²) in [6.07, 6.45) is 43.3. The Hall–Kier alpha value is -1.70. The molecule has 6 atom stereocenters. The number of benzene rings is 1. The third-order valence-electron chi connectivity index (χ3n) is 18.0. The first-order chi connectivity index (χ1) is 37.5. The van der Waals surface area contributed by atoms with Gasteiger partial charge in [0, 0.05) is 37.3 Å². The highest BCUT2D eigenvalue weighted by Crippen LogP contribution is 2.32. The maximum atomic E-state index is 12.8. The van der Waals surface area contributed by atoms with Crippen LogP contribution in [0.5, 0.6) is 5.75 Å². The van der Waals surface area contributed by atoms with Crippen LogP contribution in [-0.2, 0) is 44.5 Å². The molecule has 10 nitrogen and oxygen atoms in total. The van der Waals surface area contributed by atoms with E-state index in [1.807, 2.05) is 53.8 Å². The molecule has 5 saturated carbocycles. The Bertz CT molecular complexity index is 1870. The molecule has 7 rings (SSSR count). The van der Waals surface area contributed by atoms with Gasteiger partial charge in [-0.1, -0.05) is 238 Å². The number of phenols is 1. The van der Waals surface area contributed by atoms with E-state index in [1.165, 1.54) is 173 Å². The first kappa shape index (κ1) is 86.5. The zero-order valence-corrected chi connectivity index (χ0v) is 55.7. The van der Waals surface area contributed by atoms with Crippen molar-refractivity contribution >= 4 is 52.8 Å². The topological polar surface area (TPSA) is 163 Å². The first-order valence-corrected chi connectivity index (χ1v) is 34.9. The van der Waals surface area contributed by atoms with E-state index >= 15 is 0 Å². The van der Waals surface area contributed by atoms with Crippen LogP contribution in [0.15, 0.2) is 22.6 Å². The number of aromatic hydroxyl groups is 1. The van der Waals surface area contributed by atoms with E-state index in [4.69, 9.17) is 5.73 Å². The van der Waals surface area contributed by atoms with E-state index in [-0.39, 0.29) is 75.3 Å². The van der Waals surface area contributed by atoms with Gasteiger partial charge in [0.15, 0.2) is 0 Å². The first-order valence-electron chi connectivity index (χ1n) is 32.6. The fourth-order valence-electron chi connectivity index (χ4n) is 12.3. The average Bonchev–Trinajstić information content (AvgIpc) is 3.42. The Balaban J connectivity index is -0.000001000. The smallest absolute Gasteiger partial charge is 0.237 e. The molecule has 5 fully saturated rings. The van der Waals surface area contributed by atoms with Gasteiger partial charge in [0.2, 0.25) is 5.91 Å². The lowest BCUT2D eigenvalue weighted by molar-refractivity contribution is -0.124. The van der Waals surface area contributed by atoms with Gasteiger partial charge in [-0.3, -0.25) is 4.79 Å². The quantitative estimate of drug-likeness (QED) is 0.0722. The summed E-state index contributed by atoms with van der Waals surface area (Å²) in [5, 5.41) is 16.2. The summed E-state index contributed by atoms with van der Waals surface area (Å²) in [5.41, 5.74) is 8.29. The van der Waals surface area contributed by atoms with E-state index in [1.54, 1.807) is 12.1 Å². The lowest BCUT2D eigenvalue weighted by Crippen LogP contribution is -2.52. The summed E-state index contributed by atoms with van der Waals surface area (Å²) < 4.78 is 31.0. The summed E-state index contributed by atoms with van der Waals surface area (Å²) in [4.78, 5) is 22.9. The summed E-state index contributed by atoms with van der Waals surface area (Å²) in [6.45, 7) is 26.0. The number of hydrogen-bond donors (Lipinski definition) is 5. The van der Waals surface area contributed by atoms with Gasteiger partial charge in [0.1, 0.15) is 23.0 Å². The van der Waals surface area contributed by atoms with Gasteiger partial charge in [0.05, 0.1) is 26.5 Å². The summed E-state index contributed by atoms with van der Waals surface area (Å²) in [5.74, 6) is 6.15. The Labute approximate surface area is 532 Å². The summed E-state index contributed by atoms with van der Waals surface area (Å²) in [6, 6.07) is 6.35. The third-order valence-corrected chi connectivity index (χ3v) is 21.1. The molecule has 0 spiro atoms. The molecule has 0 unspecified atom stereocenters. The second-order valence-corrected chi connectivity index (χ2v) is 32.2. The number of halogens is 1. The SMILES string of the molecule is C.C.C.C.CC(C)(C)[S@@](=O)N=CCC1CCCCC1.CC(C)[C@@H](CC1CCCCC1)NC(=O)[C@H]1Cc2ccc(O)cc2CN1.CC(C)[C@@H](CC1CCCCC1)N[S@](=O)C(C)(C)C.CC(C)[C@H](N)CC1CCCCC1.Cl.O=CCC1CCCCC1. The third kappa shape index (κ3) is 36.7. The van der Waals surface area contributed by atoms with Gasteiger partial charge in [-0.15, -0.1) is 12.4 Å². The van der Waals surface area contributed by atoms with Crippen molar-refractivity contribution < 1.29 is 23.1 Å². The van der Waals surface area contributed by atoms with Crippen molar-refractivity contribution in [1.29, 1.82) is 0 Å². The number of amides is 1. The molecule has 6 N–H and O–H groups in total. The van der Waals surface area contributed by atoms with Crippen molar-refractivity contribution in [3.05, 3.63) is 29.3 Å². The molecule has 0 saturated heterocycles. The molecule has 498 valence electrons. The Kier molecular flexibility index (Phi) is 48.7. The number of aldehydes is 1. The number of nitrogens with zero attached hydrogens (tertiary/aromatic N) is 1. The number of phenolic OH excluding ortho intramolecular Hbond substituents is 1. The fourth-order valence-corrected chi connectivity index (χ4v) is 13.8. The van der Waals surface area contributed by atoms with Gasteiger partial charge < -0.3 is 26.3 Å². The van der Waals surface area contributed by atoms with Crippen LogP contribution in [0.2, 0.25) is 0 Å². The van der Waals surface area contributed by atoms with Crippen LogP contribution in [0.1, 0.15) is 317 Å². The average molecular weight is 1240 g/mol. The highest BCUT2D eigenvalue weighted by Gasteiger charge is 2.30. The molecule has 84 heavy (non-hydrogen) atoms. The maximum absolute atomic E-state index is 12.8. The summed E-state index contributed by atoms with van der Waals surface area (Å²) >= 11 is 0. The monoisotopic (exact) mass is 1240 g/mol. The van der Waals surface area contributed by atoms with E-state index < -0.39 is 22.0 Å². The normalized spacial score (nSPS) is 21.0. The molecule has 1 aliphatic heterocycles. The highest BCUT2D eigenvalue weighted by molar-refractivity contribution is 7.85. The van der Waals surface area contributed by atoms with Gasteiger partial charge >= 0.3 is 0 Å². The highest BCUT2D eigenvalue weighted by atomic mass is 35.5. The van der Waals surface area contributed by atoms with Crippen molar-refractivity contribution in [3.63, 3.8) is 0 Å². The molecule has 1 aromatic rings. The number of fused-ring (bicyclic) bond motifs is 1. The van der Waals surface area contributed by atoms with Crippen LogP contribution in [0, 0.1) is 47.3 Å². The van der Waals surface area contributed by atoms with E-state index in [2.05, 4.69) is 61.3 Å². The van der Waals surface area contributed by atoms with Crippen LogP contribution < -0.4 is 21.1 Å². The van der Waals surface area contributed by atoms with Gasteiger partial charge in [-0.2, -0.15) is 4.40 Å². The van der Waals surface area contributed by atoms with Crippen molar-refractivity contribution in [3.8, 4) is 5.75 Å². The van der Waals surface area contributed by atoms with Crippen LogP contribution >= 0.6 is 12.4 Å². The standard InChI is InChI=1S/C21H32N2O2.C15H31NOS.C12H23NOS.C11H23N.C8H14O.4CH4.ClH/c1-14(2)19(10-15-6-4-3-5-7-15)23-21(25)20-12-16-8-9-18(24)11-17(16)13-22-20;1-12(2)14(16-18(17)15(3,4)5)11-13-9-7-6-8-10-13;1-12(2,3)15(14)13-10-9-11-7-5-4-6-8-11;1-9(2)11(12)8-10-6-4-3-5-7-10;9-7-6-8-4-2-1-3-5-8;;;;;/h8-9,11,14-15,19-20,22,24H,3-7,10,12-13H2,1-2H3,(H,23,25);12-14,16H,6-11H2,1-5H3;10-11H,4-9H2,1-3H3;9-11H,3-8,12H2,1-2H3;7-8H,1-6H2;4*1H4;1H/t19-,20-;14-,18-;15-;11-;;;;;;/m1111....../s1. The second-order valence-electron chi connectivity index (χ2n) is 28.2. The van der Waals surface area contributed by atoms with Crippen molar-refractivity contribution in [1.82, 2.24) is 15.4 Å². The van der Waals surface area contributed by atoms with Crippen LogP contribution in [0.25, 0.3) is 0 Å². The Morgan fingerprint density at radius 2 is 1.01 bits per heavy atom. The largest absolute Gasteiger partial charge is 0.508 e. The van der Waals surface area contributed by atoms with Crippen molar-refractivity contribution in [2.75, 3.05) is 0 Å². The minimum absolute atomic E-state index is 0. The molecule has 1 amide bonds. The van der Waals surface area contributed by atoms with Gasteiger partial charge in [-0.25, -0.2) is 13.1 Å². The zero-order chi connectivity index (χ0) is 58.4. The predicted octanol–water partition coefficient (Wildman–Crippen LogP) is 19.1. The van der Waals surface area contributed by atoms with Crippen LogP contribution in [0.4, 0.5) is 0 Å². The Morgan fingerprint density at radius 3 is 1.40 bits per heavy atom. The molecule has 1 aromatic carbocycles. The molecule has 0 radical (unpaired) electrons. The number of nitrogens with one attached hydrogen (secondary N) is 3. The molecule has 0 aromatic heterocycles. The van der Waals surface area contributed by atoms with Crippen molar-refractivity contribution in [2.24, 2.45) is 57.5 Å². The fraction of sp³-hybridized carbons (Fsp3) is 0.873. The van der Waals surface area contributed by atoms with E-state index in [0.717, 1.165) is 66.3 Å². The number of hydrogen-bond acceptors (Lipinski definition) is 7. The molecule has 13 heteroatoms. The van der Waals surface area contributed by atoms with Crippen LogP contribution in [-0.4, -0.2) is 65.6 Å². The second kappa shape index (κ2) is 47.3. The summed E-state index contributed by atoms with van der Waals surface area (Å²) in [7, 11) is -2.01. The lowest BCUT2D eigenvalue weighted by atomic mass is 9.82. The molecule has 0 bridgehead atoms. The van der Waals surface area contributed by atoms with E-state index in [0.29, 0.717) is 42.8 Å². The molecule has 1 heterocycles. The minimum Gasteiger partial charge on any atom is -0.508 e. The predicted molar refractivity (Wildman–Crippen MR) is 374 cm³/mol. The molecular formula is C71H140ClN5O5S2. The molecule has 6 aliphatic rings. The molecule has 5 aliphatic carbocycles. The minimum atomic E-state index is -1.07. The zero-order valence-electron chi connectivity index (χ0n) is 53.3. The molecular weight excluding hydrogens is 1100 g/mol. The number of carbonyl (C=O) groups excluding carboxylic acids is 2.